The first-order valence-corrected chi connectivity index (χ1v) is 1.47. The molecule has 0 unspecified atom stereocenters. The van der Waals surface area contributed by atoms with Gasteiger partial charge in [0.1, 0.15) is 0 Å². The van der Waals surface area contributed by atoms with E-state index < -0.39 is 0 Å². The molecule has 0 bridgehead atoms. The maximum absolute atomic E-state index is 6.25. The van der Waals surface area contributed by atoms with Crippen molar-refractivity contribution in [1.82, 2.24) is 0 Å². The Morgan fingerprint density at radius 2 is 2.29 bits per heavy atom. The normalized spacial score (nSPS) is 12.9. The Bertz CT molecular complexity index is 89.9. The lowest BCUT2D eigenvalue weighted by molar-refractivity contribution is -0.538. The Morgan fingerprint density at radius 1 is 1.57 bits per heavy atom. The third-order valence-electron chi connectivity index (χ3n) is 0.303. The van der Waals surface area contributed by atoms with Crippen molar-refractivity contribution in [3.8, 4) is 0 Å². The summed E-state index contributed by atoms with van der Waals surface area (Å²) < 4.78 is 0. The predicted molar refractivity (Wildman–Crippen MR) is 20.2 cm³/mol. The van der Waals surface area contributed by atoms with Gasteiger partial charge in [0.2, 0.25) is 6.34 Å². The summed E-state index contributed by atoms with van der Waals surface area (Å²) in [7, 11) is 0. The highest BCUT2D eigenvalue weighted by molar-refractivity contribution is 5.41. The molecule has 1 aliphatic heterocycles. The minimum atomic E-state index is 1.53. The van der Waals surface area contributed by atoms with Crippen LogP contribution in [0.3, 0.4) is 0 Å². The van der Waals surface area contributed by atoms with Crippen molar-refractivity contribution in [2.24, 2.45) is 15.5 Å². The molecule has 0 fully saturated rings. The lowest BCUT2D eigenvalue weighted by Crippen LogP contribution is -2.74. The first-order valence-electron chi connectivity index (χ1n) is 1.47. The van der Waals surface area contributed by atoms with Crippen molar-refractivity contribution in [1.29, 1.82) is 5.26 Å². The number of hydrogen-bond acceptors (Lipinski definition) is 4. The fourth-order valence-corrected chi connectivity index (χ4v) is 0.149. The van der Waals surface area contributed by atoms with Crippen LogP contribution in [0, 0.1) is 11.8 Å². The van der Waals surface area contributed by atoms with E-state index in [2.05, 4.69) is 15.5 Å². The molecule has 36 valence electrons. The number of quaternary nitrogens is 1. The van der Waals surface area contributed by atoms with Crippen LogP contribution in [0.25, 0.3) is 0 Å². The fourth-order valence-electron chi connectivity index (χ4n) is 0.149. The maximum atomic E-state index is 6.25. The van der Waals surface area contributed by atoms with Gasteiger partial charge in [-0.1, -0.05) is 5.10 Å². The second-order valence-electron chi connectivity index (χ2n) is 0.619. The van der Waals surface area contributed by atoms with Gasteiger partial charge in [-0.05, 0) is 0 Å². The van der Waals surface area contributed by atoms with Crippen molar-refractivity contribution in [3.05, 3.63) is 6.57 Å². The van der Waals surface area contributed by atoms with Gasteiger partial charge in [0.05, 0.1) is 5.22 Å². The molecule has 1 aliphatic rings. The first kappa shape index (κ1) is 5.72. The van der Waals surface area contributed by atoms with Gasteiger partial charge in [0.15, 0.2) is 0 Å². The zero-order chi connectivity index (χ0) is 5.54. The molecular formula is C2H3N5. The van der Waals surface area contributed by atoms with Crippen LogP contribution in [0.1, 0.15) is 0 Å². The smallest absolute Gasteiger partial charge is 0.236 e. The standard InChI is InChI=1S/CH2N4.CN/c1-2-4-5-3-1;1-2/h1H,(H,2,3,4,5);/q;-1/p+1. The molecule has 0 aromatic rings. The molecule has 0 radical (unpaired) electrons. The van der Waals surface area contributed by atoms with Crippen LogP contribution in [0.2, 0.25) is 0 Å². The van der Waals surface area contributed by atoms with Gasteiger partial charge in [-0.15, -0.1) is 0 Å². The van der Waals surface area contributed by atoms with Crippen molar-refractivity contribution >= 4 is 6.34 Å². The Hall–Kier alpha value is -1.28. The van der Waals surface area contributed by atoms with E-state index in [1.807, 2.05) is 0 Å². The van der Waals surface area contributed by atoms with Gasteiger partial charge in [0, 0.05) is 5.22 Å². The summed E-state index contributed by atoms with van der Waals surface area (Å²) in [4.78, 5) is 0. The van der Waals surface area contributed by atoms with E-state index >= 15 is 0 Å². The number of hydrogen-bond donors (Lipinski definition) is 1. The van der Waals surface area contributed by atoms with Crippen LogP contribution in [0.5, 0.6) is 0 Å². The van der Waals surface area contributed by atoms with Crippen molar-refractivity contribution < 1.29 is 5.43 Å². The Morgan fingerprint density at radius 3 is 2.43 bits per heavy atom. The average molecular weight is 97.1 g/mol. The average Bonchev–Trinajstić information content (AvgIpc) is 2.23. The van der Waals surface area contributed by atoms with E-state index in [1.54, 1.807) is 0 Å². The van der Waals surface area contributed by atoms with Crippen molar-refractivity contribution in [2.75, 3.05) is 0 Å². The fraction of sp³-hybridized carbons (Fsp3) is 0. The third-order valence-corrected chi connectivity index (χ3v) is 0.303. The maximum Gasteiger partial charge on any atom is 0.236 e. The van der Waals surface area contributed by atoms with Crippen LogP contribution >= 0.6 is 0 Å². The third kappa shape index (κ3) is 2.52. The Balaban J connectivity index is 0.000000162. The monoisotopic (exact) mass is 97.0 g/mol. The number of nitrogens with two attached hydrogens (primary N) is 1. The molecule has 0 aromatic carbocycles. The second-order valence-corrected chi connectivity index (χ2v) is 0.619. The lowest BCUT2D eigenvalue weighted by Gasteiger charge is -1.52. The van der Waals surface area contributed by atoms with Gasteiger partial charge >= 0.3 is 0 Å². The molecule has 0 atom stereocenters. The molecule has 1 rings (SSSR count). The molecule has 7 heavy (non-hydrogen) atoms. The van der Waals surface area contributed by atoms with Gasteiger partial charge < -0.3 is 11.8 Å². The van der Waals surface area contributed by atoms with Crippen LogP contribution in [-0.2, 0) is 0 Å². The van der Waals surface area contributed by atoms with E-state index in [0.29, 0.717) is 0 Å². The highest BCUT2D eigenvalue weighted by Crippen LogP contribution is 1.64. The van der Waals surface area contributed by atoms with Crippen LogP contribution in [-0.4, -0.2) is 6.34 Å². The summed E-state index contributed by atoms with van der Waals surface area (Å²) in [6, 6.07) is 0. The van der Waals surface area contributed by atoms with Crippen LogP contribution in [0.15, 0.2) is 15.5 Å². The molecule has 0 aromatic heterocycles. The molecule has 5 heteroatoms. The SMILES string of the molecule is C1=NN=N[NH2+]1.[C-]#N. The highest BCUT2D eigenvalue weighted by Gasteiger charge is 1.79. The summed E-state index contributed by atoms with van der Waals surface area (Å²) in [5.41, 5.74) is 1.53. The summed E-state index contributed by atoms with van der Waals surface area (Å²) in [6.45, 7) is 4.75. The van der Waals surface area contributed by atoms with E-state index in [0.717, 1.165) is 0 Å². The van der Waals surface area contributed by atoms with Crippen molar-refractivity contribution in [2.45, 2.75) is 0 Å². The van der Waals surface area contributed by atoms with Gasteiger partial charge in [-0.3, -0.25) is 0 Å². The summed E-state index contributed by atoms with van der Waals surface area (Å²) in [6.07, 6.45) is 1.53. The van der Waals surface area contributed by atoms with E-state index in [9.17, 15) is 0 Å². The molecule has 1 heterocycles. The summed E-state index contributed by atoms with van der Waals surface area (Å²) in [5, 5.41) is 16.2. The Kier molecular flexibility index (Phi) is 3.86. The molecular weight excluding hydrogens is 94.1 g/mol. The number of rotatable bonds is 0. The zero-order valence-corrected chi connectivity index (χ0v) is 3.44. The summed E-state index contributed by atoms with van der Waals surface area (Å²) >= 11 is 0. The predicted octanol–water partition coefficient (Wildman–Crippen LogP) is -1.03. The summed E-state index contributed by atoms with van der Waals surface area (Å²) in [5.74, 6) is 0. The molecule has 0 saturated heterocycles. The lowest BCUT2D eigenvalue weighted by atomic mass is 11.4. The van der Waals surface area contributed by atoms with Gasteiger partial charge in [0.25, 0.3) is 0 Å². The van der Waals surface area contributed by atoms with Crippen molar-refractivity contribution in [3.63, 3.8) is 0 Å². The number of nitrogens with zero attached hydrogens (tertiary/aromatic N) is 4. The minimum absolute atomic E-state index is 1.53. The topological polar surface area (TPSA) is 77.5 Å². The molecule has 0 amide bonds. The van der Waals surface area contributed by atoms with Crippen LogP contribution < -0.4 is 5.43 Å². The van der Waals surface area contributed by atoms with Gasteiger partial charge in [-0.25, -0.2) is 0 Å². The van der Waals surface area contributed by atoms with Gasteiger partial charge in [-0.2, -0.15) is 5.43 Å². The quantitative estimate of drug-likeness (QED) is 0.304. The first-order chi connectivity index (χ1) is 3.50. The minimum Gasteiger partial charge on any atom is -0.512 e. The molecule has 0 saturated carbocycles. The second kappa shape index (κ2) is 4.72. The van der Waals surface area contributed by atoms with E-state index in [-0.39, 0.29) is 0 Å². The molecule has 5 nitrogen and oxygen atoms in total. The van der Waals surface area contributed by atoms with E-state index in [1.165, 1.54) is 11.8 Å². The molecule has 2 N–H and O–H groups in total. The largest absolute Gasteiger partial charge is 0.512 e. The highest BCUT2D eigenvalue weighted by atomic mass is 15.6. The van der Waals surface area contributed by atoms with E-state index in [4.69, 9.17) is 11.8 Å². The Labute approximate surface area is 40.3 Å². The van der Waals surface area contributed by atoms with Crippen LogP contribution in [0.4, 0.5) is 0 Å². The molecule has 0 spiro atoms. The zero-order valence-electron chi connectivity index (χ0n) is 3.44. The molecule has 0 aliphatic carbocycles.